The van der Waals surface area contributed by atoms with E-state index in [1.807, 2.05) is 38.1 Å². The first-order valence-corrected chi connectivity index (χ1v) is 9.91. The Kier molecular flexibility index (Phi) is 4.54. The minimum atomic E-state index is -0.316. The fraction of sp³-hybridized carbons (Fsp3) is 0.174. The molecule has 0 radical (unpaired) electrons. The van der Waals surface area contributed by atoms with Crippen LogP contribution in [0.5, 0.6) is 0 Å². The van der Waals surface area contributed by atoms with Crippen molar-refractivity contribution in [1.29, 1.82) is 0 Å². The number of nitrogens with one attached hydrogen (secondary N) is 1. The molecular weight excluding hydrogens is 395 g/mol. The monoisotopic (exact) mass is 414 g/mol. The molecule has 0 aliphatic carbocycles. The molecule has 1 aliphatic heterocycles. The first-order chi connectivity index (χ1) is 15.0. The van der Waals surface area contributed by atoms with Crippen LogP contribution in [0.2, 0.25) is 0 Å². The lowest BCUT2D eigenvalue weighted by Gasteiger charge is -2.24. The predicted octanol–water partition coefficient (Wildman–Crippen LogP) is 3.95. The van der Waals surface area contributed by atoms with E-state index in [9.17, 15) is 9.18 Å². The molecule has 1 amide bonds. The lowest BCUT2D eigenvalue weighted by Crippen LogP contribution is -2.25. The molecule has 0 fully saturated rings. The standard InChI is InChI=1S/C23H19FN6O/c1-13-3-5-16(6-4-13)19-12-25-28-23(26-19)30-22-21(14(2)29-30)18(11-20(31)27-22)15-7-9-17(24)10-8-15/h3-10,12,18H,11H2,1-2H3,(H,27,31)/t18-/m0/s1. The van der Waals surface area contributed by atoms with Crippen molar-refractivity contribution in [1.82, 2.24) is 25.0 Å². The molecular formula is C23H19FN6O. The second kappa shape index (κ2) is 7.39. The molecule has 0 saturated heterocycles. The van der Waals surface area contributed by atoms with Crippen molar-refractivity contribution in [3.05, 3.63) is 82.9 Å². The van der Waals surface area contributed by atoms with E-state index in [4.69, 9.17) is 0 Å². The van der Waals surface area contributed by atoms with Gasteiger partial charge in [0.1, 0.15) is 11.6 Å². The minimum Gasteiger partial charge on any atom is -0.310 e. The van der Waals surface area contributed by atoms with Crippen LogP contribution in [0.25, 0.3) is 17.2 Å². The van der Waals surface area contributed by atoms with Gasteiger partial charge in [0.2, 0.25) is 5.91 Å². The number of carbonyl (C=O) groups excluding carboxylic acids is 1. The molecule has 154 valence electrons. The minimum absolute atomic E-state index is 0.148. The number of aryl methyl sites for hydroxylation is 2. The number of hydrogen-bond acceptors (Lipinski definition) is 5. The maximum Gasteiger partial charge on any atom is 0.272 e. The lowest BCUT2D eigenvalue weighted by atomic mass is 9.86. The Bertz CT molecular complexity index is 1280. The average molecular weight is 414 g/mol. The Balaban J connectivity index is 1.60. The van der Waals surface area contributed by atoms with E-state index in [1.54, 1.807) is 18.3 Å². The number of anilines is 1. The number of aromatic nitrogens is 5. The number of carbonyl (C=O) groups is 1. The molecule has 2 aromatic carbocycles. The summed E-state index contributed by atoms with van der Waals surface area (Å²) in [6, 6.07) is 14.2. The van der Waals surface area contributed by atoms with Gasteiger partial charge >= 0.3 is 0 Å². The van der Waals surface area contributed by atoms with E-state index in [-0.39, 0.29) is 30.0 Å². The number of nitrogens with zero attached hydrogens (tertiary/aromatic N) is 5. The van der Waals surface area contributed by atoms with Gasteiger partial charge in [-0.15, -0.1) is 5.10 Å². The summed E-state index contributed by atoms with van der Waals surface area (Å²) in [5.41, 5.74) is 5.19. The highest BCUT2D eigenvalue weighted by atomic mass is 19.1. The Morgan fingerprint density at radius 3 is 2.55 bits per heavy atom. The van der Waals surface area contributed by atoms with Crippen LogP contribution in [0.3, 0.4) is 0 Å². The first-order valence-electron chi connectivity index (χ1n) is 9.91. The molecule has 0 bridgehead atoms. The predicted molar refractivity (Wildman–Crippen MR) is 113 cm³/mol. The average Bonchev–Trinajstić information content (AvgIpc) is 3.10. The molecule has 1 N–H and O–H groups in total. The van der Waals surface area contributed by atoms with Crippen LogP contribution >= 0.6 is 0 Å². The SMILES string of the molecule is Cc1ccc(-c2cnnc(-n3nc(C)c4c3NC(=O)C[C@H]4c3ccc(F)cc3)n2)cc1. The Labute approximate surface area is 178 Å². The van der Waals surface area contributed by atoms with E-state index in [2.05, 4.69) is 25.6 Å². The summed E-state index contributed by atoms with van der Waals surface area (Å²) in [4.78, 5) is 17.1. The maximum absolute atomic E-state index is 13.4. The third-order valence-corrected chi connectivity index (χ3v) is 5.46. The second-order valence-electron chi connectivity index (χ2n) is 7.62. The fourth-order valence-corrected chi connectivity index (χ4v) is 3.92. The molecule has 5 rings (SSSR count). The smallest absolute Gasteiger partial charge is 0.272 e. The number of halogens is 1. The van der Waals surface area contributed by atoms with Gasteiger partial charge in [0.05, 0.1) is 17.6 Å². The molecule has 0 saturated carbocycles. The Hall–Kier alpha value is -3.94. The number of fused-ring (bicyclic) bond motifs is 1. The van der Waals surface area contributed by atoms with Gasteiger partial charge in [-0.3, -0.25) is 4.79 Å². The molecule has 0 spiro atoms. The van der Waals surface area contributed by atoms with Crippen LogP contribution in [0.15, 0.2) is 54.7 Å². The van der Waals surface area contributed by atoms with Gasteiger partial charge in [-0.25, -0.2) is 9.37 Å². The van der Waals surface area contributed by atoms with E-state index < -0.39 is 0 Å². The normalized spacial score (nSPS) is 15.5. The van der Waals surface area contributed by atoms with Crippen molar-refractivity contribution < 1.29 is 9.18 Å². The molecule has 1 atom stereocenters. The second-order valence-corrected chi connectivity index (χ2v) is 7.62. The number of benzene rings is 2. The fourth-order valence-electron chi connectivity index (χ4n) is 3.92. The number of hydrogen-bond donors (Lipinski definition) is 1. The van der Waals surface area contributed by atoms with Crippen LogP contribution in [0.4, 0.5) is 10.2 Å². The van der Waals surface area contributed by atoms with Crippen molar-refractivity contribution in [3.63, 3.8) is 0 Å². The molecule has 3 heterocycles. The van der Waals surface area contributed by atoms with E-state index in [1.165, 1.54) is 16.8 Å². The van der Waals surface area contributed by atoms with Crippen LogP contribution in [0.1, 0.15) is 34.7 Å². The lowest BCUT2D eigenvalue weighted by molar-refractivity contribution is -0.116. The summed E-state index contributed by atoms with van der Waals surface area (Å²) in [5, 5.41) is 15.8. The summed E-state index contributed by atoms with van der Waals surface area (Å²) in [6.07, 6.45) is 1.85. The third kappa shape index (κ3) is 3.46. The zero-order valence-electron chi connectivity index (χ0n) is 17.0. The molecule has 2 aromatic heterocycles. The van der Waals surface area contributed by atoms with Crippen molar-refractivity contribution in [2.75, 3.05) is 5.32 Å². The van der Waals surface area contributed by atoms with Crippen molar-refractivity contribution in [2.24, 2.45) is 0 Å². The summed E-state index contributed by atoms with van der Waals surface area (Å²) in [7, 11) is 0. The quantitative estimate of drug-likeness (QED) is 0.549. The van der Waals surface area contributed by atoms with Crippen molar-refractivity contribution in [3.8, 4) is 17.2 Å². The topological polar surface area (TPSA) is 85.6 Å². The van der Waals surface area contributed by atoms with E-state index in [0.29, 0.717) is 11.5 Å². The van der Waals surface area contributed by atoms with Gasteiger partial charge in [0, 0.05) is 23.5 Å². The van der Waals surface area contributed by atoms with Gasteiger partial charge in [0.15, 0.2) is 0 Å². The summed E-state index contributed by atoms with van der Waals surface area (Å²) >= 11 is 0. The number of rotatable bonds is 3. The van der Waals surface area contributed by atoms with Gasteiger partial charge < -0.3 is 5.32 Å². The van der Waals surface area contributed by atoms with Crippen LogP contribution in [0, 0.1) is 19.7 Å². The first kappa shape index (κ1) is 19.0. The van der Waals surface area contributed by atoms with Gasteiger partial charge in [-0.2, -0.15) is 14.9 Å². The summed E-state index contributed by atoms with van der Waals surface area (Å²) in [5.74, 6) is 0.0921. The van der Waals surface area contributed by atoms with E-state index in [0.717, 1.165) is 27.9 Å². The Morgan fingerprint density at radius 2 is 1.81 bits per heavy atom. The molecule has 31 heavy (non-hydrogen) atoms. The van der Waals surface area contributed by atoms with Gasteiger partial charge in [-0.05, 0) is 31.5 Å². The Morgan fingerprint density at radius 1 is 1.06 bits per heavy atom. The zero-order valence-corrected chi connectivity index (χ0v) is 17.0. The highest BCUT2D eigenvalue weighted by Crippen LogP contribution is 2.39. The van der Waals surface area contributed by atoms with Crippen LogP contribution in [-0.2, 0) is 4.79 Å². The molecule has 8 heteroatoms. The maximum atomic E-state index is 13.4. The van der Waals surface area contributed by atoms with Crippen molar-refractivity contribution >= 4 is 11.7 Å². The zero-order chi connectivity index (χ0) is 21.5. The van der Waals surface area contributed by atoms with Crippen molar-refractivity contribution in [2.45, 2.75) is 26.2 Å². The summed E-state index contributed by atoms with van der Waals surface area (Å²) < 4.78 is 14.9. The van der Waals surface area contributed by atoms with Crippen LogP contribution in [-0.4, -0.2) is 30.9 Å². The highest BCUT2D eigenvalue weighted by Gasteiger charge is 2.33. The number of amides is 1. The molecule has 7 nitrogen and oxygen atoms in total. The highest BCUT2D eigenvalue weighted by molar-refractivity contribution is 5.95. The molecule has 1 aliphatic rings. The molecule has 4 aromatic rings. The molecule has 0 unspecified atom stereocenters. The van der Waals surface area contributed by atoms with Gasteiger partial charge in [0.25, 0.3) is 5.95 Å². The van der Waals surface area contributed by atoms with Gasteiger partial charge in [-0.1, -0.05) is 42.0 Å². The largest absolute Gasteiger partial charge is 0.310 e. The third-order valence-electron chi connectivity index (χ3n) is 5.46. The van der Waals surface area contributed by atoms with Crippen LogP contribution < -0.4 is 5.32 Å². The van der Waals surface area contributed by atoms with E-state index >= 15 is 0 Å². The summed E-state index contributed by atoms with van der Waals surface area (Å²) in [6.45, 7) is 3.90.